The van der Waals surface area contributed by atoms with Gasteiger partial charge in [0.25, 0.3) is 0 Å². The van der Waals surface area contributed by atoms with Crippen LogP contribution in [0.15, 0.2) is 4.52 Å². The molecule has 1 aromatic heterocycles. The van der Waals surface area contributed by atoms with E-state index in [1.54, 1.807) is 6.92 Å². The minimum Gasteiger partial charge on any atom is -0.348 e. The summed E-state index contributed by atoms with van der Waals surface area (Å²) in [5.41, 5.74) is -0.0444. The van der Waals surface area contributed by atoms with E-state index in [9.17, 15) is 4.79 Å². The maximum atomic E-state index is 11.8. The maximum Gasteiger partial charge on any atom is 0.223 e. The second-order valence-corrected chi connectivity index (χ2v) is 5.04. The Morgan fingerprint density at radius 3 is 2.56 bits per heavy atom. The van der Waals surface area contributed by atoms with Crippen molar-refractivity contribution in [3.8, 4) is 0 Å². The number of nitrogens with one attached hydrogen (secondary N) is 1. The Morgan fingerprint density at radius 1 is 1.50 bits per heavy atom. The molecule has 1 N–H and O–H groups in total. The molecule has 1 unspecified atom stereocenters. The predicted octanol–water partition coefficient (Wildman–Crippen LogP) is 1.68. The highest BCUT2D eigenvalue weighted by molar-refractivity contribution is 5.78. The molecular formula is C11H19N3O2. The molecule has 1 aromatic rings. The summed E-state index contributed by atoms with van der Waals surface area (Å²) < 4.78 is 4.81. The first-order valence-corrected chi connectivity index (χ1v) is 5.37. The smallest absolute Gasteiger partial charge is 0.223 e. The molecule has 1 amide bonds. The Kier molecular flexibility index (Phi) is 3.67. The number of rotatable bonds is 3. The van der Waals surface area contributed by atoms with Crippen LogP contribution in [0.4, 0.5) is 0 Å². The zero-order chi connectivity index (χ0) is 12.3. The molecule has 0 bridgehead atoms. The van der Waals surface area contributed by atoms with Gasteiger partial charge < -0.3 is 9.84 Å². The predicted molar refractivity (Wildman–Crippen MR) is 59.5 cm³/mol. The topological polar surface area (TPSA) is 68.0 Å². The van der Waals surface area contributed by atoms with Crippen molar-refractivity contribution in [2.45, 2.75) is 41.2 Å². The van der Waals surface area contributed by atoms with Crippen LogP contribution in [-0.4, -0.2) is 16.0 Å². The zero-order valence-electron chi connectivity index (χ0n) is 10.5. The van der Waals surface area contributed by atoms with Gasteiger partial charge in [-0.3, -0.25) is 4.79 Å². The minimum atomic E-state index is -0.0551. The molecule has 5 nitrogen and oxygen atoms in total. The van der Waals surface area contributed by atoms with Gasteiger partial charge in [-0.2, -0.15) is 4.98 Å². The van der Waals surface area contributed by atoms with Crippen molar-refractivity contribution >= 4 is 5.91 Å². The molecule has 0 aromatic carbocycles. The maximum absolute atomic E-state index is 11.8. The average molecular weight is 225 g/mol. The molecule has 0 aliphatic rings. The van der Waals surface area contributed by atoms with E-state index in [0.717, 1.165) is 0 Å². The van der Waals surface area contributed by atoms with Crippen LogP contribution in [0.25, 0.3) is 0 Å². The lowest BCUT2D eigenvalue weighted by atomic mass is 9.81. The number of nitrogens with zero attached hydrogens (tertiary/aromatic N) is 2. The third-order valence-electron chi connectivity index (χ3n) is 2.68. The monoisotopic (exact) mass is 225 g/mol. The summed E-state index contributed by atoms with van der Waals surface area (Å²) in [6, 6.07) is 0. The Balaban J connectivity index is 2.47. The molecule has 1 rings (SSSR count). The van der Waals surface area contributed by atoms with Gasteiger partial charge in [-0.1, -0.05) is 32.9 Å². The first-order chi connectivity index (χ1) is 7.30. The van der Waals surface area contributed by atoms with Gasteiger partial charge in [0.15, 0.2) is 5.82 Å². The summed E-state index contributed by atoms with van der Waals surface area (Å²) in [5.74, 6) is 0.968. The molecule has 0 aliphatic carbocycles. The summed E-state index contributed by atoms with van der Waals surface area (Å²) in [6.07, 6.45) is 0. The molecule has 5 heteroatoms. The molecule has 90 valence electrons. The number of aryl methyl sites for hydroxylation is 1. The zero-order valence-corrected chi connectivity index (χ0v) is 10.5. The fraction of sp³-hybridized carbons (Fsp3) is 0.727. The highest BCUT2D eigenvalue weighted by Crippen LogP contribution is 2.25. The quantitative estimate of drug-likeness (QED) is 0.849. The SMILES string of the molecule is Cc1nc(CNC(=O)C(C)C(C)(C)C)no1. The van der Waals surface area contributed by atoms with Gasteiger partial charge in [0, 0.05) is 12.8 Å². The first-order valence-electron chi connectivity index (χ1n) is 5.37. The largest absolute Gasteiger partial charge is 0.348 e. The summed E-state index contributed by atoms with van der Waals surface area (Å²) in [5, 5.41) is 6.50. The second kappa shape index (κ2) is 4.63. The fourth-order valence-corrected chi connectivity index (χ4v) is 1.13. The molecule has 0 saturated heterocycles. The standard InChI is InChI=1S/C11H19N3O2/c1-7(11(3,4)5)10(15)12-6-9-13-8(2)16-14-9/h7H,6H2,1-5H3,(H,12,15). The van der Waals surface area contributed by atoms with Crippen LogP contribution < -0.4 is 5.32 Å². The van der Waals surface area contributed by atoms with E-state index in [1.807, 2.05) is 27.7 Å². The van der Waals surface area contributed by atoms with Gasteiger partial charge in [-0.05, 0) is 5.41 Å². The van der Waals surface area contributed by atoms with Crippen LogP contribution in [0.1, 0.15) is 39.4 Å². The van der Waals surface area contributed by atoms with Crippen molar-refractivity contribution in [3.63, 3.8) is 0 Å². The van der Waals surface area contributed by atoms with Crippen molar-refractivity contribution in [2.75, 3.05) is 0 Å². The van der Waals surface area contributed by atoms with Crippen LogP contribution in [0.3, 0.4) is 0 Å². The Labute approximate surface area is 95.6 Å². The second-order valence-electron chi connectivity index (χ2n) is 5.04. The summed E-state index contributed by atoms with van der Waals surface area (Å²) >= 11 is 0. The fourth-order valence-electron chi connectivity index (χ4n) is 1.13. The van der Waals surface area contributed by atoms with Crippen molar-refractivity contribution < 1.29 is 9.32 Å². The molecule has 0 aliphatic heterocycles. The molecule has 0 saturated carbocycles. The molecule has 0 radical (unpaired) electrons. The molecule has 0 fully saturated rings. The summed E-state index contributed by atoms with van der Waals surface area (Å²) in [4.78, 5) is 15.8. The lowest BCUT2D eigenvalue weighted by Crippen LogP contribution is -2.35. The lowest BCUT2D eigenvalue weighted by molar-refractivity contribution is -0.127. The normalized spacial score (nSPS) is 13.6. The third kappa shape index (κ3) is 3.32. The molecule has 0 spiro atoms. The van der Waals surface area contributed by atoms with Gasteiger partial charge in [0.1, 0.15) is 0 Å². The van der Waals surface area contributed by atoms with Crippen LogP contribution in [0, 0.1) is 18.3 Å². The third-order valence-corrected chi connectivity index (χ3v) is 2.68. The van der Waals surface area contributed by atoms with Crippen LogP contribution in [0.5, 0.6) is 0 Å². The number of hydrogen-bond acceptors (Lipinski definition) is 4. The number of hydrogen-bond donors (Lipinski definition) is 1. The lowest BCUT2D eigenvalue weighted by Gasteiger charge is -2.25. The van der Waals surface area contributed by atoms with Gasteiger partial charge in [0.05, 0.1) is 6.54 Å². The van der Waals surface area contributed by atoms with E-state index in [2.05, 4.69) is 15.5 Å². The summed E-state index contributed by atoms with van der Waals surface area (Å²) in [6.45, 7) is 10.1. The van der Waals surface area contributed by atoms with Gasteiger partial charge in [0.2, 0.25) is 11.8 Å². The number of aromatic nitrogens is 2. The van der Waals surface area contributed by atoms with E-state index < -0.39 is 0 Å². The van der Waals surface area contributed by atoms with Crippen molar-refractivity contribution in [1.29, 1.82) is 0 Å². The van der Waals surface area contributed by atoms with E-state index in [4.69, 9.17) is 4.52 Å². The first kappa shape index (κ1) is 12.7. The Hall–Kier alpha value is -1.39. The summed E-state index contributed by atoms with van der Waals surface area (Å²) in [7, 11) is 0. The molecule has 16 heavy (non-hydrogen) atoms. The number of carbonyl (C=O) groups is 1. The van der Waals surface area contributed by atoms with Gasteiger partial charge in [-0.25, -0.2) is 0 Å². The Bertz CT molecular complexity index is 366. The van der Waals surface area contributed by atoms with Crippen LogP contribution in [-0.2, 0) is 11.3 Å². The average Bonchev–Trinajstić information content (AvgIpc) is 2.58. The Morgan fingerprint density at radius 2 is 2.12 bits per heavy atom. The van der Waals surface area contributed by atoms with Crippen molar-refractivity contribution in [2.24, 2.45) is 11.3 Å². The van der Waals surface area contributed by atoms with E-state index in [1.165, 1.54) is 0 Å². The van der Waals surface area contributed by atoms with E-state index in [-0.39, 0.29) is 17.2 Å². The van der Waals surface area contributed by atoms with E-state index in [0.29, 0.717) is 18.3 Å². The van der Waals surface area contributed by atoms with Gasteiger partial charge in [-0.15, -0.1) is 0 Å². The van der Waals surface area contributed by atoms with E-state index >= 15 is 0 Å². The number of amides is 1. The minimum absolute atomic E-state index is 0.00922. The van der Waals surface area contributed by atoms with Crippen molar-refractivity contribution in [3.05, 3.63) is 11.7 Å². The van der Waals surface area contributed by atoms with Gasteiger partial charge >= 0.3 is 0 Å². The van der Waals surface area contributed by atoms with Crippen molar-refractivity contribution in [1.82, 2.24) is 15.5 Å². The molecular weight excluding hydrogens is 206 g/mol. The number of carbonyl (C=O) groups excluding carboxylic acids is 1. The highest BCUT2D eigenvalue weighted by atomic mass is 16.5. The molecule has 1 heterocycles. The molecule has 1 atom stereocenters. The van der Waals surface area contributed by atoms with Crippen LogP contribution >= 0.6 is 0 Å². The highest BCUT2D eigenvalue weighted by Gasteiger charge is 2.26. The van der Waals surface area contributed by atoms with Crippen LogP contribution in [0.2, 0.25) is 0 Å².